The fraction of sp³-hybridized carbons (Fsp3) is 0.222. The second-order valence-corrected chi connectivity index (χ2v) is 3.78. The van der Waals surface area contributed by atoms with Crippen molar-refractivity contribution < 1.29 is 9.59 Å². The summed E-state index contributed by atoms with van der Waals surface area (Å²) in [6.07, 6.45) is 3.95. The van der Waals surface area contributed by atoms with Crippen molar-refractivity contribution in [2.75, 3.05) is 12.3 Å². The largest absolute Gasteiger partial charge is 0.290 e. The van der Waals surface area contributed by atoms with Gasteiger partial charge in [-0.15, -0.1) is 11.8 Å². The molecule has 0 aromatic carbocycles. The molecule has 0 unspecified atom stereocenters. The molecule has 66 valence electrons. The van der Waals surface area contributed by atoms with Crippen LogP contribution in [0.2, 0.25) is 0 Å². The second kappa shape index (κ2) is 3.30. The molecule has 0 radical (unpaired) electrons. The van der Waals surface area contributed by atoms with E-state index in [9.17, 15) is 9.59 Å². The second-order valence-electron chi connectivity index (χ2n) is 2.69. The zero-order chi connectivity index (χ0) is 9.26. The Kier molecular flexibility index (Phi) is 2.14. The van der Waals surface area contributed by atoms with Crippen LogP contribution >= 0.6 is 11.8 Å². The summed E-state index contributed by atoms with van der Waals surface area (Å²) in [7, 11) is 0. The zero-order valence-electron chi connectivity index (χ0n) is 6.82. The number of rotatable bonds is 1. The molecule has 0 bridgehead atoms. The van der Waals surface area contributed by atoms with Gasteiger partial charge in [-0.25, -0.2) is 0 Å². The summed E-state index contributed by atoms with van der Waals surface area (Å²) in [5.41, 5.74) is 0.454. The number of nitrogens with zero attached hydrogens (tertiary/aromatic N) is 1. The number of carbonyl (C=O) groups excluding carboxylic acids is 2. The van der Waals surface area contributed by atoms with E-state index in [0.29, 0.717) is 10.6 Å². The summed E-state index contributed by atoms with van der Waals surface area (Å²) >= 11 is 1.53. The highest BCUT2D eigenvalue weighted by Crippen LogP contribution is 2.21. The van der Waals surface area contributed by atoms with E-state index in [4.69, 9.17) is 0 Å². The molecular weight excluding hydrogens is 186 g/mol. The fourth-order valence-electron chi connectivity index (χ4n) is 1.17. The first kappa shape index (κ1) is 8.44. The summed E-state index contributed by atoms with van der Waals surface area (Å²) in [5, 5.41) is 0.711. The standard InChI is InChI=1S/C9H7NO2S/c11-6-1-2-8(12)7(5-6)9-10-3-4-13-9/h1-2,5H,3-4H2. The lowest BCUT2D eigenvalue weighted by Crippen LogP contribution is -2.12. The molecular formula is C9H7NO2S. The minimum absolute atomic E-state index is 0.118. The average molecular weight is 193 g/mol. The molecule has 0 fully saturated rings. The molecule has 0 saturated carbocycles. The van der Waals surface area contributed by atoms with E-state index in [1.54, 1.807) is 0 Å². The Morgan fingerprint density at radius 1 is 1.31 bits per heavy atom. The normalized spacial score (nSPS) is 21.8. The van der Waals surface area contributed by atoms with Crippen LogP contribution in [0.4, 0.5) is 0 Å². The van der Waals surface area contributed by atoms with Crippen LogP contribution in [0.5, 0.6) is 0 Å². The SMILES string of the molecule is O=C1C=CC(=O)C(C2=NCCS2)=C1. The third-order valence-electron chi connectivity index (χ3n) is 1.77. The van der Waals surface area contributed by atoms with Crippen molar-refractivity contribution in [1.29, 1.82) is 0 Å². The van der Waals surface area contributed by atoms with E-state index in [-0.39, 0.29) is 11.6 Å². The Morgan fingerprint density at radius 2 is 2.15 bits per heavy atom. The van der Waals surface area contributed by atoms with Gasteiger partial charge < -0.3 is 0 Å². The Morgan fingerprint density at radius 3 is 2.85 bits per heavy atom. The third-order valence-corrected chi connectivity index (χ3v) is 2.78. The van der Waals surface area contributed by atoms with Crippen LogP contribution in [0.3, 0.4) is 0 Å². The lowest BCUT2D eigenvalue weighted by molar-refractivity contribution is -0.114. The van der Waals surface area contributed by atoms with Crippen molar-refractivity contribution in [3.63, 3.8) is 0 Å². The van der Waals surface area contributed by atoms with Crippen molar-refractivity contribution in [2.45, 2.75) is 0 Å². The number of thioether (sulfide) groups is 1. The number of ketones is 2. The molecule has 1 heterocycles. The molecule has 0 aromatic rings. The van der Waals surface area contributed by atoms with Gasteiger partial charge in [0.1, 0.15) is 5.04 Å². The maximum absolute atomic E-state index is 11.3. The quantitative estimate of drug-likeness (QED) is 0.578. The van der Waals surface area contributed by atoms with Crippen molar-refractivity contribution in [3.8, 4) is 0 Å². The van der Waals surface area contributed by atoms with Crippen molar-refractivity contribution in [2.24, 2.45) is 4.99 Å². The molecule has 1 aliphatic heterocycles. The minimum atomic E-state index is -0.134. The van der Waals surface area contributed by atoms with E-state index < -0.39 is 0 Å². The molecule has 2 aliphatic rings. The highest BCUT2D eigenvalue weighted by atomic mass is 32.2. The van der Waals surface area contributed by atoms with Gasteiger partial charge in [-0.05, 0) is 18.2 Å². The molecule has 0 amide bonds. The van der Waals surface area contributed by atoms with Crippen molar-refractivity contribution in [1.82, 2.24) is 0 Å². The van der Waals surface area contributed by atoms with Crippen LogP contribution in [-0.4, -0.2) is 28.9 Å². The van der Waals surface area contributed by atoms with Crippen molar-refractivity contribution >= 4 is 28.4 Å². The molecule has 0 saturated heterocycles. The van der Waals surface area contributed by atoms with Gasteiger partial charge >= 0.3 is 0 Å². The summed E-state index contributed by atoms with van der Waals surface area (Å²) in [6, 6.07) is 0. The zero-order valence-corrected chi connectivity index (χ0v) is 7.63. The predicted molar refractivity (Wildman–Crippen MR) is 52.0 cm³/mol. The molecule has 0 spiro atoms. The molecule has 2 rings (SSSR count). The summed E-state index contributed by atoms with van der Waals surface area (Å²) in [5.74, 6) is 0.648. The van der Waals surface area contributed by atoms with Crippen LogP contribution in [0.25, 0.3) is 0 Å². The Hall–Kier alpha value is -1.16. The first-order chi connectivity index (χ1) is 6.27. The smallest absolute Gasteiger partial charge is 0.188 e. The van der Waals surface area contributed by atoms with Gasteiger partial charge in [-0.2, -0.15) is 0 Å². The van der Waals surface area contributed by atoms with Crippen LogP contribution in [0.15, 0.2) is 28.8 Å². The number of hydrogen-bond donors (Lipinski definition) is 0. The van der Waals surface area contributed by atoms with E-state index in [2.05, 4.69) is 4.99 Å². The summed E-state index contributed by atoms with van der Waals surface area (Å²) < 4.78 is 0. The van der Waals surface area contributed by atoms with E-state index in [0.717, 1.165) is 12.3 Å². The van der Waals surface area contributed by atoms with Gasteiger partial charge in [0.15, 0.2) is 11.6 Å². The van der Waals surface area contributed by atoms with Gasteiger partial charge in [-0.1, -0.05) is 0 Å². The Labute approximate surface area is 79.6 Å². The molecule has 0 N–H and O–H groups in total. The van der Waals surface area contributed by atoms with E-state index in [1.807, 2.05) is 0 Å². The molecule has 0 aromatic heterocycles. The number of hydrogen-bond acceptors (Lipinski definition) is 4. The van der Waals surface area contributed by atoms with Crippen LogP contribution in [-0.2, 0) is 9.59 Å². The van der Waals surface area contributed by atoms with Gasteiger partial charge in [-0.3, -0.25) is 14.6 Å². The Bertz CT molecular complexity index is 366. The van der Waals surface area contributed by atoms with Gasteiger partial charge in [0.2, 0.25) is 0 Å². The minimum Gasteiger partial charge on any atom is -0.290 e. The van der Waals surface area contributed by atoms with Gasteiger partial charge in [0.25, 0.3) is 0 Å². The molecule has 3 nitrogen and oxygen atoms in total. The third kappa shape index (κ3) is 1.62. The first-order valence-corrected chi connectivity index (χ1v) is 4.91. The highest BCUT2D eigenvalue weighted by molar-refractivity contribution is 8.14. The van der Waals surface area contributed by atoms with Crippen LogP contribution < -0.4 is 0 Å². The number of aliphatic imine (C=N–C) groups is 1. The molecule has 1 aliphatic carbocycles. The molecule has 13 heavy (non-hydrogen) atoms. The average Bonchev–Trinajstić information content (AvgIpc) is 2.61. The van der Waals surface area contributed by atoms with Crippen LogP contribution in [0.1, 0.15) is 0 Å². The lowest BCUT2D eigenvalue weighted by Gasteiger charge is -2.04. The van der Waals surface area contributed by atoms with Crippen LogP contribution in [0, 0.1) is 0 Å². The fourth-order valence-corrected chi connectivity index (χ4v) is 2.05. The predicted octanol–water partition coefficient (Wildman–Crippen LogP) is 0.766. The van der Waals surface area contributed by atoms with E-state index in [1.165, 1.54) is 30.0 Å². The molecule has 0 atom stereocenters. The van der Waals surface area contributed by atoms with Crippen molar-refractivity contribution in [3.05, 3.63) is 23.8 Å². The van der Waals surface area contributed by atoms with E-state index >= 15 is 0 Å². The topological polar surface area (TPSA) is 46.5 Å². The summed E-state index contributed by atoms with van der Waals surface area (Å²) in [4.78, 5) is 26.5. The van der Waals surface area contributed by atoms with Gasteiger partial charge in [0, 0.05) is 12.3 Å². The molecule has 4 heteroatoms. The monoisotopic (exact) mass is 193 g/mol. The maximum Gasteiger partial charge on any atom is 0.188 e. The van der Waals surface area contributed by atoms with Gasteiger partial charge in [0.05, 0.1) is 5.57 Å². The lowest BCUT2D eigenvalue weighted by atomic mass is 10.1. The first-order valence-electron chi connectivity index (χ1n) is 3.93. The number of allylic oxidation sites excluding steroid dienone is 3. The highest BCUT2D eigenvalue weighted by Gasteiger charge is 2.20. The maximum atomic E-state index is 11.3. The number of carbonyl (C=O) groups is 2. The summed E-state index contributed by atoms with van der Waals surface area (Å²) in [6.45, 7) is 0.739. The Balaban J connectivity index is 2.31.